The number of alkyl halides is 3. The summed E-state index contributed by atoms with van der Waals surface area (Å²) in [5.74, 6) is -0.349. The molecule has 5 rings (SSSR count). The summed E-state index contributed by atoms with van der Waals surface area (Å²) in [6.45, 7) is 0.649. The average Bonchev–Trinajstić information content (AvgIpc) is 3.44. The van der Waals surface area contributed by atoms with Crippen molar-refractivity contribution in [2.75, 3.05) is 30.7 Å². The number of halogens is 3. The third-order valence-corrected chi connectivity index (χ3v) is 6.81. The van der Waals surface area contributed by atoms with Crippen LogP contribution in [-0.2, 0) is 12.6 Å². The molecule has 0 unspecified atom stereocenters. The summed E-state index contributed by atoms with van der Waals surface area (Å²) in [5, 5.41) is 2.96. The predicted octanol–water partition coefficient (Wildman–Crippen LogP) is 7.05. The van der Waals surface area contributed by atoms with Gasteiger partial charge in [-0.3, -0.25) is 9.59 Å². The minimum absolute atomic E-state index is 0.0585. The van der Waals surface area contributed by atoms with E-state index in [2.05, 4.69) is 5.32 Å². The van der Waals surface area contributed by atoms with Crippen molar-refractivity contribution in [2.45, 2.75) is 12.6 Å². The molecule has 0 aliphatic heterocycles. The zero-order chi connectivity index (χ0) is 30.4. The monoisotopic (exact) mass is 587 g/mol. The Bertz CT molecular complexity index is 1720. The number of fused-ring (bicyclic) bond motifs is 1. The molecule has 0 saturated heterocycles. The average molecular weight is 588 g/mol. The number of carbonyl (C=O) groups is 2. The Kier molecular flexibility index (Phi) is 8.66. The van der Waals surface area contributed by atoms with Crippen molar-refractivity contribution in [2.24, 2.45) is 0 Å². The largest absolute Gasteiger partial charge is 0.492 e. The SMILES string of the molecule is Nc1ccccc1NC(=O)c1ccc(OCCN(CCc2ccccc2)C(=O)c2cc3cc(C(F)(F)F)ccc3o2)cc1. The van der Waals surface area contributed by atoms with Gasteiger partial charge in [0, 0.05) is 17.5 Å². The number of nitrogens with one attached hydrogen (secondary N) is 1. The maximum atomic E-state index is 13.5. The van der Waals surface area contributed by atoms with Gasteiger partial charge < -0.3 is 25.1 Å². The maximum absolute atomic E-state index is 13.5. The van der Waals surface area contributed by atoms with Crippen LogP contribution in [-0.4, -0.2) is 36.4 Å². The topological polar surface area (TPSA) is 97.8 Å². The lowest BCUT2D eigenvalue weighted by Gasteiger charge is -2.22. The number of anilines is 2. The molecule has 0 radical (unpaired) electrons. The van der Waals surface area contributed by atoms with Crippen LogP contribution in [0.1, 0.15) is 32.0 Å². The van der Waals surface area contributed by atoms with Crippen LogP contribution in [0, 0.1) is 0 Å². The summed E-state index contributed by atoms with van der Waals surface area (Å²) in [6, 6.07) is 27.5. The molecule has 220 valence electrons. The predicted molar refractivity (Wildman–Crippen MR) is 158 cm³/mol. The number of benzene rings is 4. The van der Waals surface area contributed by atoms with E-state index in [4.69, 9.17) is 14.9 Å². The molecule has 0 saturated carbocycles. The quantitative estimate of drug-likeness (QED) is 0.171. The molecule has 2 amide bonds. The molecule has 0 bridgehead atoms. The normalized spacial score (nSPS) is 11.3. The molecule has 43 heavy (non-hydrogen) atoms. The van der Waals surface area contributed by atoms with Crippen LogP contribution in [0.15, 0.2) is 108 Å². The van der Waals surface area contributed by atoms with E-state index in [1.165, 1.54) is 12.1 Å². The second-order valence-corrected chi connectivity index (χ2v) is 9.80. The van der Waals surface area contributed by atoms with E-state index in [-0.39, 0.29) is 35.8 Å². The van der Waals surface area contributed by atoms with Gasteiger partial charge in [-0.2, -0.15) is 13.2 Å². The Morgan fingerprint density at radius 3 is 2.30 bits per heavy atom. The number of para-hydroxylation sites is 2. The molecule has 0 atom stereocenters. The Morgan fingerprint density at radius 2 is 1.58 bits per heavy atom. The number of furan rings is 1. The summed E-state index contributed by atoms with van der Waals surface area (Å²) in [4.78, 5) is 27.6. The van der Waals surface area contributed by atoms with Gasteiger partial charge in [-0.25, -0.2) is 0 Å². The van der Waals surface area contributed by atoms with Gasteiger partial charge >= 0.3 is 6.18 Å². The lowest BCUT2D eigenvalue weighted by molar-refractivity contribution is -0.137. The number of nitrogens with zero attached hydrogens (tertiary/aromatic N) is 1. The molecule has 4 aromatic carbocycles. The molecule has 0 aliphatic carbocycles. The van der Waals surface area contributed by atoms with Crippen LogP contribution in [0.3, 0.4) is 0 Å². The first-order valence-electron chi connectivity index (χ1n) is 13.5. The van der Waals surface area contributed by atoms with Crippen molar-refractivity contribution in [3.63, 3.8) is 0 Å². The molecular formula is C33H28F3N3O4. The highest BCUT2D eigenvalue weighted by atomic mass is 19.4. The Morgan fingerprint density at radius 1 is 0.860 bits per heavy atom. The second-order valence-electron chi connectivity index (χ2n) is 9.80. The minimum Gasteiger partial charge on any atom is -0.492 e. The lowest BCUT2D eigenvalue weighted by atomic mass is 10.1. The van der Waals surface area contributed by atoms with Crippen LogP contribution >= 0.6 is 0 Å². The van der Waals surface area contributed by atoms with E-state index in [9.17, 15) is 22.8 Å². The van der Waals surface area contributed by atoms with Gasteiger partial charge in [0.15, 0.2) is 5.76 Å². The number of carbonyl (C=O) groups excluding carboxylic acids is 2. The standard InChI is InChI=1S/C33H28F3N3O4/c34-33(35,36)25-12-15-29-24(20-25)21-30(43-29)32(41)39(17-16-22-6-2-1-3-7-22)18-19-42-26-13-10-23(11-14-26)31(40)38-28-9-5-4-8-27(28)37/h1-15,20-21H,16-19,37H2,(H,38,40). The number of hydrogen-bond acceptors (Lipinski definition) is 5. The smallest absolute Gasteiger partial charge is 0.416 e. The first kappa shape index (κ1) is 29.2. The number of hydrogen-bond donors (Lipinski definition) is 2. The molecule has 5 aromatic rings. The van der Waals surface area contributed by atoms with E-state index in [0.717, 1.165) is 17.7 Å². The van der Waals surface area contributed by atoms with Crippen molar-refractivity contribution in [1.29, 1.82) is 0 Å². The van der Waals surface area contributed by atoms with Crippen molar-refractivity contribution in [1.82, 2.24) is 4.90 Å². The minimum atomic E-state index is -4.51. The molecule has 1 aromatic heterocycles. The van der Waals surface area contributed by atoms with Crippen LogP contribution in [0.4, 0.5) is 24.5 Å². The van der Waals surface area contributed by atoms with Gasteiger partial charge in [0.25, 0.3) is 11.8 Å². The van der Waals surface area contributed by atoms with Crippen molar-refractivity contribution < 1.29 is 31.9 Å². The molecule has 0 aliphatic rings. The van der Waals surface area contributed by atoms with E-state index >= 15 is 0 Å². The van der Waals surface area contributed by atoms with Gasteiger partial charge in [-0.05, 0) is 72.6 Å². The van der Waals surface area contributed by atoms with Gasteiger partial charge in [0.1, 0.15) is 17.9 Å². The van der Waals surface area contributed by atoms with Crippen LogP contribution in [0.2, 0.25) is 0 Å². The van der Waals surface area contributed by atoms with Crippen LogP contribution in [0.5, 0.6) is 5.75 Å². The van der Waals surface area contributed by atoms with E-state index in [0.29, 0.717) is 35.7 Å². The van der Waals surface area contributed by atoms with Crippen LogP contribution in [0.25, 0.3) is 11.0 Å². The Hall–Kier alpha value is -5.25. The fraction of sp³-hybridized carbons (Fsp3) is 0.152. The first-order chi connectivity index (χ1) is 20.7. The van der Waals surface area contributed by atoms with Gasteiger partial charge in [0.2, 0.25) is 0 Å². The maximum Gasteiger partial charge on any atom is 0.416 e. The molecule has 7 nitrogen and oxygen atoms in total. The molecule has 10 heteroatoms. The molecule has 0 fully saturated rings. The van der Waals surface area contributed by atoms with Crippen molar-refractivity contribution in [3.05, 3.63) is 126 Å². The third kappa shape index (κ3) is 7.34. The van der Waals surface area contributed by atoms with E-state index < -0.39 is 17.6 Å². The highest BCUT2D eigenvalue weighted by molar-refractivity contribution is 6.05. The number of rotatable bonds is 10. The number of ether oxygens (including phenoxy) is 1. The third-order valence-electron chi connectivity index (χ3n) is 6.81. The molecule has 0 spiro atoms. The first-order valence-corrected chi connectivity index (χ1v) is 13.5. The van der Waals surface area contributed by atoms with Gasteiger partial charge in [-0.1, -0.05) is 42.5 Å². The van der Waals surface area contributed by atoms with Gasteiger partial charge in [0.05, 0.1) is 23.5 Å². The second kappa shape index (κ2) is 12.7. The summed E-state index contributed by atoms with van der Waals surface area (Å²) in [6.07, 6.45) is -3.95. The van der Waals surface area contributed by atoms with Crippen molar-refractivity contribution >= 4 is 34.2 Å². The Labute approximate surface area is 245 Å². The molecule has 3 N–H and O–H groups in total. The van der Waals surface area contributed by atoms with E-state index in [1.54, 1.807) is 53.4 Å². The molecule has 1 heterocycles. The number of nitrogen functional groups attached to an aromatic ring is 1. The summed E-state index contributed by atoms with van der Waals surface area (Å²) in [5.41, 5.74) is 7.66. The zero-order valence-corrected chi connectivity index (χ0v) is 22.9. The zero-order valence-electron chi connectivity index (χ0n) is 22.9. The fourth-order valence-corrected chi connectivity index (χ4v) is 4.49. The fourth-order valence-electron chi connectivity index (χ4n) is 4.49. The summed E-state index contributed by atoms with van der Waals surface area (Å²) >= 11 is 0. The van der Waals surface area contributed by atoms with E-state index in [1.807, 2.05) is 30.3 Å². The van der Waals surface area contributed by atoms with Gasteiger partial charge in [-0.15, -0.1) is 0 Å². The summed E-state index contributed by atoms with van der Waals surface area (Å²) < 4.78 is 51.0. The molecular weight excluding hydrogens is 559 g/mol. The highest BCUT2D eigenvalue weighted by Crippen LogP contribution is 2.32. The number of amides is 2. The van der Waals surface area contributed by atoms with Crippen LogP contribution < -0.4 is 15.8 Å². The summed E-state index contributed by atoms with van der Waals surface area (Å²) in [7, 11) is 0. The number of nitrogens with two attached hydrogens (primary N) is 1. The lowest BCUT2D eigenvalue weighted by Crippen LogP contribution is -2.36. The Balaban J connectivity index is 1.25. The van der Waals surface area contributed by atoms with Crippen molar-refractivity contribution in [3.8, 4) is 5.75 Å². The highest BCUT2D eigenvalue weighted by Gasteiger charge is 2.31.